The van der Waals surface area contributed by atoms with Crippen LogP contribution in [0.1, 0.15) is 18.5 Å². The maximum absolute atomic E-state index is 13.4. The van der Waals surface area contributed by atoms with E-state index in [1.54, 1.807) is 5.51 Å². The summed E-state index contributed by atoms with van der Waals surface area (Å²) in [6.45, 7) is 1.86. The highest BCUT2D eigenvalue weighted by Gasteiger charge is 2.14. The van der Waals surface area contributed by atoms with E-state index >= 15 is 0 Å². The maximum atomic E-state index is 13.4. The van der Waals surface area contributed by atoms with Crippen molar-refractivity contribution < 1.29 is 4.39 Å². The van der Waals surface area contributed by atoms with Crippen LogP contribution in [0.15, 0.2) is 17.6 Å². The van der Waals surface area contributed by atoms with Crippen molar-refractivity contribution >= 4 is 39.7 Å². The van der Waals surface area contributed by atoms with Gasteiger partial charge in [0.1, 0.15) is 11.3 Å². The van der Waals surface area contributed by atoms with Crippen molar-refractivity contribution in [2.45, 2.75) is 13.0 Å². The van der Waals surface area contributed by atoms with Crippen molar-refractivity contribution in [3.8, 4) is 0 Å². The molecule has 1 atom stereocenters. The van der Waals surface area contributed by atoms with Gasteiger partial charge in [0.2, 0.25) is 5.13 Å². The molecule has 0 saturated carbocycles. The van der Waals surface area contributed by atoms with Crippen LogP contribution in [-0.2, 0) is 0 Å². The molecule has 17 heavy (non-hydrogen) atoms. The van der Waals surface area contributed by atoms with E-state index in [0.29, 0.717) is 15.7 Å². The standard InChI is InChI=1S/C10H8Cl2FN3S/c1-5(15-10-16-14-4-17-10)6-2-9(13)8(12)3-7(6)11/h2-5H,1H3,(H,15,16). The molecule has 1 heterocycles. The minimum Gasteiger partial charge on any atom is -0.354 e. The summed E-state index contributed by atoms with van der Waals surface area (Å²) in [4.78, 5) is 0. The van der Waals surface area contributed by atoms with Crippen molar-refractivity contribution in [1.29, 1.82) is 0 Å². The SMILES string of the molecule is CC(Nc1nncs1)c1cc(F)c(Cl)cc1Cl. The molecule has 0 fully saturated rings. The quantitative estimate of drug-likeness (QED) is 0.863. The summed E-state index contributed by atoms with van der Waals surface area (Å²) in [6.07, 6.45) is 0. The van der Waals surface area contributed by atoms with Crippen LogP contribution in [0.5, 0.6) is 0 Å². The summed E-state index contributed by atoms with van der Waals surface area (Å²) in [5.74, 6) is -0.489. The monoisotopic (exact) mass is 291 g/mol. The van der Waals surface area contributed by atoms with E-state index in [1.807, 2.05) is 6.92 Å². The van der Waals surface area contributed by atoms with E-state index < -0.39 is 5.82 Å². The second-order valence-electron chi connectivity index (χ2n) is 3.40. The van der Waals surface area contributed by atoms with Crippen molar-refractivity contribution in [3.05, 3.63) is 39.1 Å². The first kappa shape index (κ1) is 12.5. The van der Waals surface area contributed by atoms with Gasteiger partial charge in [0.15, 0.2) is 0 Å². The lowest BCUT2D eigenvalue weighted by atomic mass is 10.1. The maximum Gasteiger partial charge on any atom is 0.205 e. The van der Waals surface area contributed by atoms with Crippen LogP contribution in [0.3, 0.4) is 0 Å². The molecule has 90 valence electrons. The van der Waals surface area contributed by atoms with Crippen molar-refractivity contribution in [1.82, 2.24) is 10.2 Å². The first-order chi connectivity index (χ1) is 8.08. The third-order valence-electron chi connectivity index (χ3n) is 2.21. The Labute approximate surface area is 112 Å². The van der Waals surface area contributed by atoms with Crippen LogP contribution in [0, 0.1) is 5.82 Å². The lowest BCUT2D eigenvalue weighted by Gasteiger charge is -2.15. The molecule has 2 rings (SSSR count). The van der Waals surface area contributed by atoms with E-state index in [9.17, 15) is 4.39 Å². The van der Waals surface area contributed by atoms with E-state index in [4.69, 9.17) is 23.2 Å². The molecular formula is C10H8Cl2FN3S. The summed E-state index contributed by atoms with van der Waals surface area (Å²) in [7, 11) is 0. The Hall–Kier alpha value is -0.910. The Morgan fingerprint density at radius 2 is 2.12 bits per heavy atom. The van der Waals surface area contributed by atoms with Gasteiger partial charge in [-0.25, -0.2) is 4.39 Å². The van der Waals surface area contributed by atoms with Gasteiger partial charge in [0.05, 0.1) is 11.1 Å². The Balaban J connectivity index is 2.24. The number of benzene rings is 1. The predicted octanol–water partition coefficient (Wildman–Crippen LogP) is 4.16. The number of hydrogen-bond donors (Lipinski definition) is 1. The van der Waals surface area contributed by atoms with E-state index in [-0.39, 0.29) is 11.1 Å². The molecule has 0 saturated heterocycles. The Morgan fingerprint density at radius 3 is 2.76 bits per heavy atom. The average molecular weight is 292 g/mol. The molecule has 3 nitrogen and oxygen atoms in total. The van der Waals surface area contributed by atoms with Crippen LogP contribution in [0.4, 0.5) is 9.52 Å². The average Bonchev–Trinajstić information content (AvgIpc) is 2.76. The first-order valence-electron chi connectivity index (χ1n) is 4.75. The lowest BCUT2D eigenvalue weighted by Crippen LogP contribution is -2.07. The van der Waals surface area contributed by atoms with Gasteiger partial charge in [-0.1, -0.05) is 34.5 Å². The molecule has 0 amide bonds. The second-order valence-corrected chi connectivity index (χ2v) is 5.05. The Kier molecular flexibility index (Phi) is 3.81. The van der Waals surface area contributed by atoms with Crippen LogP contribution in [0.25, 0.3) is 0 Å². The lowest BCUT2D eigenvalue weighted by molar-refractivity contribution is 0.624. The van der Waals surface area contributed by atoms with Crippen LogP contribution >= 0.6 is 34.5 Å². The third-order valence-corrected chi connectivity index (χ3v) is 3.45. The van der Waals surface area contributed by atoms with Crippen molar-refractivity contribution in [2.75, 3.05) is 5.32 Å². The zero-order valence-electron chi connectivity index (χ0n) is 8.75. The molecule has 0 spiro atoms. The van der Waals surface area contributed by atoms with Crippen LogP contribution in [-0.4, -0.2) is 10.2 Å². The molecule has 0 bridgehead atoms. The minimum absolute atomic E-state index is 0.0156. The number of nitrogens with zero attached hydrogens (tertiary/aromatic N) is 2. The van der Waals surface area contributed by atoms with Gasteiger partial charge in [-0.15, -0.1) is 10.2 Å². The molecule has 0 aliphatic rings. The van der Waals surface area contributed by atoms with E-state index in [2.05, 4.69) is 15.5 Å². The highest BCUT2D eigenvalue weighted by Crippen LogP contribution is 2.30. The zero-order chi connectivity index (χ0) is 12.4. The highest BCUT2D eigenvalue weighted by atomic mass is 35.5. The molecule has 7 heteroatoms. The fraction of sp³-hybridized carbons (Fsp3) is 0.200. The largest absolute Gasteiger partial charge is 0.354 e. The Bertz CT molecular complexity index is 519. The van der Waals surface area contributed by atoms with Crippen molar-refractivity contribution in [3.63, 3.8) is 0 Å². The van der Waals surface area contributed by atoms with Crippen molar-refractivity contribution in [2.24, 2.45) is 0 Å². The number of rotatable bonds is 3. The number of anilines is 1. The highest BCUT2D eigenvalue weighted by molar-refractivity contribution is 7.13. The van der Waals surface area contributed by atoms with Gasteiger partial charge in [-0.05, 0) is 24.6 Å². The zero-order valence-corrected chi connectivity index (χ0v) is 11.1. The first-order valence-corrected chi connectivity index (χ1v) is 6.38. The third kappa shape index (κ3) is 2.86. The molecule has 1 unspecified atom stereocenters. The van der Waals surface area contributed by atoms with Crippen LogP contribution in [0.2, 0.25) is 10.0 Å². The molecule has 0 radical (unpaired) electrons. The summed E-state index contributed by atoms with van der Waals surface area (Å²) in [5, 5.41) is 11.7. The van der Waals surface area contributed by atoms with E-state index in [1.165, 1.54) is 23.5 Å². The minimum atomic E-state index is -0.489. The summed E-state index contributed by atoms with van der Waals surface area (Å²) in [5.41, 5.74) is 2.24. The molecular weight excluding hydrogens is 284 g/mol. The summed E-state index contributed by atoms with van der Waals surface area (Å²) >= 11 is 13.0. The van der Waals surface area contributed by atoms with E-state index in [0.717, 1.165) is 0 Å². The van der Waals surface area contributed by atoms with Gasteiger partial charge < -0.3 is 5.32 Å². The van der Waals surface area contributed by atoms with Gasteiger partial charge >= 0.3 is 0 Å². The molecule has 1 aromatic heterocycles. The van der Waals surface area contributed by atoms with Crippen LogP contribution < -0.4 is 5.32 Å². The number of nitrogens with one attached hydrogen (secondary N) is 1. The second kappa shape index (κ2) is 5.16. The topological polar surface area (TPSA) is 37.8 Å². The van der Waals surface area contributed by atoms with Gasteiger partial charge in [-0.3, -0.25) is 0 Å². The van der Waals surface area contributed by atoms with Gasteiger partial charge in [-0.2, -0.15) is 0 Å². The number of halogens is 3. The summed E-state index contributed by atoms with van der Waals surface area (Å²) < 4.78 is 13.4. The fourth-order valence-corrected chi connectivity index (χ4v) is 2.45. The normalized spacial score (nSPS) is 12.5. The molecule has 1 aromatic carbocycles. The van der Waals surface area contributed by atoms with Gasteiger partial charge in [0.25, 0.3) is 0 Å². The van der Waals surface area contributed by atoms with Gasteiger partial charge in [0, 0.05) is 5.02 Å². The Morgan fingerprint density at radius 1 is 1.35 bits per heavy atom. The number of hydrogen-bond acceptors (Lipinski definition) is 4. The predicted molar refractivity (Wildman–Crippen MR) is 68.4 cm³/mol. The fourth-order valence-electron chi connectivity index (χ4n) is 1.37. The number of aromatic nitrogens is 2. The molecule has 0 aliphatic heterocycles. The smallest absolute Gasteiger partial charge is 0.205 e. The molecule has 1 N–H and O–H groups in total. The molecule has 2 aromatic rings. The molecule has 0 aliphatic carbocycles. The summed E-state index contributed by atoms with van der Waals surface area (Å²) in [6, 6.07) is 2.54.